The Kier molecular flexibility index (Phi) is 4.88. The summed E-state index contributed by atoms with van der Waals surface area (Å²) in [6.07, 6.45) is 2.12. The molecule has 3 rings (SSSR count). The van der Waals surface area contributed by atoms with Crippen LogP contribution < -0.4 is 10.1 Å². The second-order valence-corrected chi connectivity index (χ2v) is 7.47. The number of thiophene rings is 1. The van der Waals surface area contributed by atoms with Crippen molar-refractivity contribution in [2.45, 2.75) is 24.7 Å². The van der Waals surface area contributed by atoms with Gasteiger partial charge in [0, 0.05) is 26.8 Å². The van der Waals surface area contributed by atoms with Crippen molar-refractivity contribution < 1.29 is 4.74 Å². The van der Waals surface area contributed by atoms with Crippen molar-refractivity contribution in [1.29, 1.82) is 0 Å². The highest BCUT2D eigenvalue weighted by Crippen LogP contribution is 2.47. The number of hydrogen-bond acceptors (Lipinski definition) is 5. The van der Waals surface area contributed by atoms with E-state index in [-0.39, 0.29) is 0 Å². The van der Waals surface area contributed by atoms with Crippen LogP contribution in [0.3, 0.4) is 0 Å². The molecule has 0 bridgehead atoms. The maximum Gasteiger partial charge on any atom is 0.189 e. The van der Waals surface area contributed by atoms with Crippen molar-refractivity contribution in [3.63, 3.8) is 0 Å². The zero-order valence-electron chi connectivity index (χ0n) is 12.6. The molecule has 0 saturated heterocycles. The second kappa shape index (κ2) is 6.71. The Morgan fingerprint density at radius 1 is 1.23 bits per heavy atom. The summed E-state index contributed by atoms with van der Waals surface area (Å²) < 4.78 is 6.16. The monoisotopic (exact) mass is 349 g/mol. The quantitative estimate of drug-likeness (QED) is 0.680. The van der Waals surface area contributed by atoms with Crippen molar-refractivity contribution >= 4 is 41.5 Å². The van der Waals surface area contributed by atoms with Gasteiger partial charge in [0.1, 0.15) is 5.75 Å². The topological polar surface area (TPSA) is 21.3 Å². The molecule has 1 heterocycles. The van der Waals surface area contributed by atoms with E-state index in [2.05, 4.69) is 24.9 Å². The van der Waals surface area contributed by atoms with Crippen LogP contribution in [0.4, 0.5) is 0 Å². The van der Waals surface area contributed by atoms with E-state index in [9.17, 15) is 0 Å². The van der Waals surface area contributed by atoms with Gasteiger partial charge >= 0.3 is 0 Å². The molecule has 0 amide bonds. The predicted molar refractivity (Wildman–Crippen MR) is 101 cm³/mol. The number of likely N-dealkylation sites (N-methyl/N-ethyl adjacent to an activating group) is 1. The highest BCUT2D eigenvalue weighted by molar-refractivity contribution is 7.90. The molecule has 22 heavy (non-hydrogen) atoms. The summed E-state index contributed by atoms with van der Waals surface area (Å²) in [5, 5.41) is 4.15. The van der Waals surface area contributed by atoms with E-state index in [1.165, 1.54) is 21.6 Å². The van der Waals surface area contributed by atoms with E-state index in [1.807, 2.05) is 31.3 Å². The number of rotatable bonds is 4. The summed E-state index contributed by atoms with van der Waals surface area (Å²) in [5.41, 5.74) is 3.89. The molecular formula is C17H19NOS3. The minimum Gasteiger partial charge on any atom is -0.445 e. The summed E-state index contributed by atoms with van der Waals surface area (Å²) in [7, 11) is 1.97. The lowest BCUT2D eigenvalue weighted by Crippen LogP contribution is -2.14. The first kappa shape index (κ1) is 16.0. The fourth-order valence-corrected chi connectivity index (χ4v) is 4.54. The van der Waals surface area contributed by atoms with E-state index in [0.29, 0.717) is 0 Å². The van der Waals surface area contributed by atoms with E-state index in [4.69, 9.17) is 17.4 Å². The lowest BCUT2D eigenvalue weighted by atomic mass is 9.93. The first-order valence-corrected chi connectivity index (χ1v) is 8.97. The number of fused-ring (bicyclic) bond motifs is 1. The highest BCUT2D eigenvalue weighted by atomic mass is 32.1. The Morgan fingerprint density at radius 2 is 2.00 bits per heavy atom. The fraction of sp³-hybridized carbons (Fsp3) is 0.294. The Morgan fingerprint density at radius 3 is 2.73 bits per heavy atom. The second-order valence-electron chi connectivity index (χ2n) is 5.35. The van der Waals surface area contributed by atoms with Crippen LogP contribution in [-0.2, 0) is 6.42 Å². The lowest BCUT2D eigenvalue weighted by molar-refractivity contribution is 0.483. The summed E-state index contributed by atoms with van der Waals surface area (Å²) >= 11 is 11.0. The molecule has 1 aliphatic carbocycles. The van der Waals surface area contributed by atoms with Gasteiger partial charge in [-0.1, -0.05) is 12.1 Å². The minimum atomic E-state index is 0.789. The molecule has 2 nitrogen and oxygen atoms in total. The van der Waals surface area contributed by atoms with Gasteiger partial charge in [-0.25, -0.2) is 0 Å². The number of ether oxygens (including phenoxy) is 1. The lowest BCUT2D eigenvalue weighted by Gasteiger charge is -2.19. The van der Waals surface area contributed by atoms with Gasteiger partial charge in [-0.05, 0) is 50.1 Å². The molecule has 0 spiro atoms. The summed E-state index contributed by atoms with van der Waals surface area (Å²) in [4.78, 5) is 3.22. The third kappa shape index (κ3) is 2.95. The summed E-state index contributed by atoms with van der Waals surface area (Å²) in [6.45, 7) is 3.03. The van der Waals surface area contributed by atoms with E-state index in [0.717, 1.165) is 40.0 Å². The van der Waals surface area contributed by atoms with Crippen LogP contribution in [0.15, 0.2) is 34.7 Å². The molecule has 0 unspecified atom stereocenters. The number of thiol groups is 2. The van der Waals surface area contributed by atoms with Crippen LogP contribution in [0.5, 0.6) is 10.8 Å². The van der Waals surface area contributed by atoms with Gasteiger partial charge in [-0.3, -0.25) is 0 Å². The van der Waals surface area contributed by atoms with Crippen molar-refractivity contribution in [3.05, 3.63) is 45.8 Å². The third-order valence-electron chi connectivity index (χ3n) is 3.88. The molecule has 1 aliphatic rings. The number of para-hydroxylation sites is 1. The molecule has 0 atom stereocenters. The van der Waals surface area contributed by atoms with E-state index in [1.54, 1.807) is 11.3 Å². The summed E-state index contributed by atoms with van der Waals surface area (Å²) in [6, 6.07) is 7.81. The van der Waals surface area contributed by atoms with Gasteiger partial charge in [0.25, 0.3) is 0 Å². The molecule has 1 aromatic carbocycles. The van der Waals surface area contributed by atoms with Crippen LogP contribution in [-0.4, -0.2) is 13.6 Å². The third-order valence-corrected chi connectivity index (χ3v) is 5.82. The molecule has 0 aliphatic heterocycles. The Balaban J connectivity index is 2.04. The number of hydrogen-bond donors (Lipinski definition) is 3. The number of benzene rings is 1. The van der Waals surface area contributed by atoms with Crippen molar-refractivity contribution in [3.8, 4) is 10.8 Å². The first-order chi connectivity index (χ1) is 10.6. The fourth-order valence-electron chi connectivity index (χ4n) is 2.76. The summed E-state index contributed by atoms with van der Waals surface area (Å²) in [5.74, 6) is 0.789. The average Bonchev–Trinajstić information content (AvgIpc) is 2.81. The van der Waals surface area contributed by atoms with E-state index < -0.39 is 0 Å². The molecular weight excluding hydrogens is 330 g/mol. The Hall–Kier alpha value is -0.880. The van der Waals surface area contributed by atoms with Crippen LogP contribution >= 0.6 is 36.6 Å². The average molecular weight is 350 g/mol. The highest BCUT2D eigenvalue weighted by Gasteiger charge is 2.25. The molecule has 0 radical (unpaired) electrons. The van der Waals surface area contributed by atoms with Gasteiger partial charge in [0.05, 0.1) is 0 Å². The molecule has 0 fully saturated rings. The molecule has 1 aromatic heterocycles. The standard InChI is InChI=1S/C17H19NOS3/c1-10-12-8-7-11(9-18-2)16(21)15(12)17(22-10)19-13-5-3-4-6-14(13)20/h3-6,18,20-21H,7-9H2,1-2H3. The SMILES string of the molecule is CNCC1=C(S)c2c(Oc3ccccc3S)sc(C)c2CC1. The maximum atomic E-state index is 6.16. The largest absolute Gasteiger partial charge is 0.445 e. The zero-order valence-corrected chi connectivity index (χ0v) is 15.2. The van der Waals surface area contributed by atoms with Crippen molar-refractivity contribution in [2.24, 2.45) is 0 Å². The van der Waals surface area contributed by atoms with Crippen LogP contribution in [0, 0.1) is 6.92 Å². The molecule has 116 valence electrons. The molecule has 1 N–H and O–H groups in total. The maximum absolute atomic E-state index is 6.16. The van der Waals surface area contributed by atoms with Gasteiger partial charge < -0.3 is 10.1 Å². The van der Waals surface area contributed by atoms with Crippen molar-refractivity contribution in [1.82, 2.24) is 5.32 Å². The number of aryl methyl sites for hydroxylation is 1. The molecule has 2 aromatic rings. The van der Waals surface area contributed by atoms with E-state index >= 15 is 0 Å². The van der Waals surface area contributed by atoms with Gasteiger partial charge in [-0.2, -0.15) is 0 Å². The smallest absolute Gasteiger partial charge is 0.189 e. The molecule has 0 saturated carbocycles. The zero-order chi connectivity index (χ0) is 15.7. The normalized spacial score (nSPS) is 14.2. The van der Waals surface area contributed by atoms with Crippen LogP contribution in [0.25, 0.3) is 4.91 Å². The van der Waals surface area contributed by atoms with Gasteiger partial charge in [0.2, 0.25) is 0 Å². The Labute approximate surface area is 146 Å². The first-order valence-electron chi connectivity index (χ1n) is 7.26. The van der Waals surface area contributed by atoms with Crippen LogP contribution in [0.1, 0.15) is 22.4 Å². The van der Waals surface area contributed by atoms with Gasteiger partial charge in [0.15, 0.2) is 5.06 Å². The van der Waals surface area contributed by atoms with Crippen molar-refractivity contribution in [2.75, 3.05) is 13.6 Å². The predicted octanol–water partition coefficient (Wildman–Crippen LogP) is 4.94. The molecule has 5 heteroatoms. The minimum absolute atomic E-state index is 0.789. The van der Waals surface area contributed by atoms with Gasteiger partial charge in [-0.15, -0.1) is 36.6 Å². The Bertz CT molecular complexity index is 734. The number of nitrogens with one attached hydrogen (secondary N) is 1. The van der Waals surface area contributed by atoms with Crippen LogP contribution in [0.2, 0.25) is 0 Å².